The molecule has 5 aromatic carbocycles. The van der Waals surface area contributed by atoms with E-state index in [9.17, 15) is 5.11 Å². The Morgan fingerprint density at radius 3 is 1.62 bits per heavy atom. The third-order valence-corrected chi connectivity index (χ3v) is 5.25. The first-order valence-corrected chi connectivity index (χ1v) is 8.90. The molecule has 124 valence electrons. The van der Waals surface area contributed by atoms with Gasteiger partial charge in [0.15, 0.2) is 0 Å². The minimum absolute atomic E-state index is 0.362. The molecule has 0 bridgehead atoms. The molecular weight excluding hydrogens is 316 g/mol. The highest BCUT2D eigenvalue weighted by atomic mass is 16.3. The Balaban J connectivity index is 1.84. The summed E-state index contributed by atoms with van der Waals surface area (Å²) in [5.41, 5.74) is 2.26. The van der Waals surface area contributed by atoms with E-state index in [1.165, 1.54) is 27.1 Å². The van der Waals surface area contributed by atoms with E-state index in [1.807, 2.05) is 24.3 Å². The van der Waals surface area contributed by atoms with Crippen molar-refractivity contribution in [1.82, 2.24) is 0 Å². The van der Waals surface area contributed by atoms with Crippen LogP contribution in [-0.2, 0) is 6.42 Å². The topological polar surface area (TPSA) is 20.2 Å². The van der Waals surface area contributed by atoms with E-state index in [1.54, 1.807) is 0 Å². The highest BCUT2D eigenvalue weighted by Crippen LogP contribution is 2.35. The van der Waals surface area contributed by atoms with Crippen molar-refractivity contribution in [3.05, 3.63) is 102 Å². The molecule has 0 aliphatic carbocycles. The third-order valence-electron chi connectivity index (χ3n) is 5.25. The number of rotatable bonds is 2. The number of phenolic OH excluding ortho intramolecular Hbond substituents is 1. The monoisotopic (exact) mass is 334 g/mol. The van der Waals surface area contributed by atoms with Crippen molar-refractivity contribution in [3.8, 4) is 5.75 Å². The lowest BCUT2D eigenvalue weighted by Gasteiger charge is -2.14. The molecule has 0 aliphatic rings. The maximum atomic E-state index is 10.6. The van der Waals surface area contributed by atoms with Gasteiger partial charge >= 0.3 is 0 Å². The molecule has 0 saturated carbocycles. The second kappa shape index (κ2) is 5.89. The first-order valence-electron chi connectivity index (χ1n) is 8.90. The Labute approximate surface area is 152 Å². The molecule has 0 fully saturated rings. The highest BCUT2D eigenvalue weighted by Gasteiger charge is 2.13. The summed E-state index contributed by atoms with van der Waals surface area (Å²) in [4.78, 5) is 0. The summed E-state index contributed by atoms with van der Waals surface area (Å²) in [5, 5.41) is 17.9. The molecule has 0 atom stereocenters. The minimum Gasteiger partial charge on any atom is -0.508 e. The predicted molar refractivity (Wildman–Crippen MR) is 110 cm³/mol. The van der Waals surface area contributed by atoms with Gasteiger partial charge in [-0.25, -0.2) is 0 Å². The zero-order valence-electron chi connectivity index (χ0n) is 14.3. The fraction of sp³-hybridized carbons (Fsp3) is 0.0400. The standard InChI is InChI=1S/C25H18O/c26-25-14-13-17-7-1-4-10-20(17)24(25)16-23-21-11-5-2-8-18(21)15-19-9-3-6-12-22(19)23/h1-15,26H,16H2. The number of fused-ring (bicyclic) bond motifs is 3. The lowest BCUT2D eigenvalue weighted by molar-refractivity contribution is 0.471. The van der Waals surface area contributed by atoms with Gasteiger partial charge in [0, 0.05) is 12.0 Å². The fourth-order valence-electron chi connectivity index (χ4n) is 3.99. The average molecular weight is 334 g/mol. The molecule has 26 heavy (non-hydrogen) atoms. The molecular formula is C25H18O. The van der Waals surface area contributed by atoms with E-state index in [0.717, 1.165) is 16.3 Å². The zero-order valence-corrected chi connectivity index (χ0v) is 14.3. The molecule has 1 nitrogen and oxygen atoms in total. The normalized spacial score (nSPS) is 11.4. The second-order valence-electron chi connectivity index (χ2n) is 6.76. The third kappa shape index (κ3) is 2.33. The van der Waals surface area contributed by atoms with E-state index in [4.69, 9.17) is 0 Å². The van der Waals surface area contributed by atoms with Crippen LogP contribution in [-0.4, -0.2) is 5.11 Å². The molecule has 0 heterocycles. The lowest BCUT2D eigenvalue weighted by atomic mass is 9.90. The van der Waals surface area contributed by atoms with Crippen LogP contribution in [0.1, 0.15) is 11.1 Å². The highest BCUT2D eigenvalue weighted by molar-refractivity contribution is 6.03. The molecule has 0 spiro atoms. The summed E-state index contributed by atoms with van der Waals surface area (Å²) in [7, 11) is 0. The van der Waals surface area contributed by atoms with Crippen LogP contribution in [0.2, 0.25) is 0 Å². The Kier molecular flexibility index (Phi) is 3.39. The molecule has 0 aromatic heterocycles. The average Bonchev–Trinajstić information content (AvgIpc) is 2.69. The fourth-order valence-corrected chi connectivity index (χ4v) is 3.99. The zero-order chi connectivity index (χ0) is 17.5. The molecule has 5 aromatic rings. The number of hydrogen-bond donors (Lipinski definition) is 1. The first kappa shape index (κ1) is 15.0. The van der Waals surface area contributed by atoms with Crippen LogP contribution in [0.5, 0.6) is 5.75 Å². The Bertz CT molecular complexity index is 1210. The summed E-state index contributed by atoms with van der Waals surface area (Å²) in [6.45, 7) is 0. The molecule has 0 aliphatic heterocycles. The van der Waals surface area contributed by atoms with Crippen LogP contribution in [0, 0.1) is 0 Å². The van der Waals surface area contributed by atoms with Gasteiger partial charge in [-0.3, -0.25) is 0 Å². The largest absolute Gasteiger partial charge is 0.508 e. The Hall–Kier alpha value is -3.32. The molecule has 1 heteroatoms. The van der Waals surface area contributed by atoms with Gasteiger partial charge in [-0.2, -0.15) is 0 Å². The van der Waals surface area contributed by atoms with Crippen molar-refractivity contribution in [1.29, 1.82) is 0 Å². The van der Waals surface area contributed by atoms with Crippen LogP contribution in [0.4, 0.5) is 0 Å². The van der Waals surface area contributed by atoms with E-state index < -0.39 is 0 Å². The molecule has 0 amide bonds. The van der Waals surface area contributed by atoms with Gasteiger partial charge in [0.2, 0.25) is 0 Å². The van der Waals surface area contributed by atoms with Crippen molar-refractivity contribution in [2.45, 2.75) is 6.42 Å². The lowest BCUT2D eigenvalue weighted by Crippen LogP contribution is -1.94. The van der Waals surface area contributed by atoms with Crippen molar-refractivity contribution in [2.75, 3.05) is 0 Å². The summed E-state index contributed by atoms with van der Waals surface area (Å²) in [6, 6.07) is 31.3. The smallest absolute Gasteiger partial charge is 0.119 e. The number of benzene rings is 5. The second-order valence-corrected chi connectivity index (χ2v) is 6.76. The maximum absolute atomic E-state index is 10.6. The van der Waals surface area contributed by atoms with Crippen LogP contribution < -0.4 is 0 Å². The molecule has 0 unspecified atom stereocenters. The molecule has 0 radical (unpaired) electrons. The van der Waals surface area contributed by atoms with Crippen LogP contribution in [0.3, 0.4) is 0 Å². The summed E-state index contributed by atoms with van der Waals surface area (Å²) in [5.74, 6) is 0.362. The van der Waals surface area contributed by atoms with Gasteiger partial charge in [0.05, 0.1) is 0 Å². The van der Waals surface area contributed by atoms with Gasteiger partial charge in [-0.15, -0.1) is 0 Å². The maximum Gasteiger partial charge on any atom is 0.119 e. The van der Waals surface area contributed by atoms with Gasteiger partial charge in [0.25, 0.3) is 0 Å². The van der Waals surface area contributed by atoms with Crippen LogP contribution >= 0.6 is 0 Å². The van der Waals surface area contributed by atoms with E-state index in [0.29, 0.717) is 12.2 Å². The minimum atomic E-state index is 0.362. The van der Waals surface area contributed by atoms with Crippen molar-refractivity contribution < 1.29 is 5.11 Å². The molecule has 0 saturated heterocycles. The number of aromatic hydroxyl groups is 1. The van der Waals surface area contributed by atoms with Crippen molar-refractivity contribution in [2.24, 2.45) is 0 Å². The van der Waals surface area contributed by atoms with Crippen LogP contribution in [0.25, 0.3) is 32.3 Å². The predicted octanol–water partition coefficient (Wildman–Crippen LogP) is 6.44. The molecule has 1 N–H and O–H groups in total. The number of hydrogen-bond acceptors (Lipinski definition) is 1. The number of phenols is 1. The Morgan fingerprint density at radius 2 is 1.00 bits per heavy atom. The summed E-state index contributed by atoms with van der Waals surface area (Å²) in [6.07, 6.45) is 0.703. The van der Waals surface area contributed by atoms with E-state index in [-0.39, 0.29) is 0 Å². The van der Waals surface area contributed by atoms with Crippen molar-refractivity contribution >= 4 is 32.3 Å². The van der Waals surface area contributed by atoms with Gasteiger partial charge < -0.3 is 5.11 Å². The van der Waals surface area contributed by atoms with Crippen molar-refractivity contribution in [3.63, 3.8) is 0 Å². The van der Waals surface area contributed by atoms with Crippen LogP contribution in [0.15, 0.2) is 91.0 Å². The van der Waals surface area contributed by atoms with Gasteiger partial charge in [0.1, 0.15) is 5.75 Å². The van der Waals surface area contributed by atoms with E-state index in [2.05, 4.69) is 66.7 Å². The van der Waals surface area contributed by atoms with Gasteiger partial charge in [-0.1, -0.05) is 78.9 Å². The summed E-state index contributed by atoms with van der Waals surface area (Å²) >= 11 is 0. The molecule has 5 rings (SSSR count). The quantitative estimate of drug-likeness (QED) is 0.368. The SMILES string of the molecule is Oc1ccc2ccccc2c1Cc1c2ccccc2cc2ccccc12. The van der Waals surface area contributed by atoms with Gasteiger partial charge in [-0.05, 0) is 50.0 Å². The summed E-state index contributed by atoms with van der Waals surface area (Å²) < 4.78 is 0. The van der Waals surface area contributed by atoms with E-state index >= 15 is 0 Å². The first-order chi connectivity index (χ1) is 12.8. The Morgan fingerprint density at radius 1 is 0.500 bits per heavy atom.